The van der Waals surface area contributed by atoms with Crippen LogP contribution in [0.4, 0.5) is 0 Å². The smallest absolute Gasteiger partial charge is 0.0747 e. The molecule has 0 atom stereocenters. The highest BCUT2D eigenvalue weighted by Crippen LogP contribution is 2.41. The van der Waals surface area contributed by atoms with Gasteiger partial charge in [0.25, 0.3) is 0 Å². The van der Waals surface area contributed by atoms with E-state index in [1.54, 1.807) is 0 Å². The first-order valence-electron chi connectivity index (χ1n) is 11.9. The fourth-order valence-corrected chi connectivity index (χ4v) is 5.91. The van der Waals surface area contributed by atoms with Crippen LogP contribution in [0.15, 0.2) is 79.0 Å². The predicted molar refractivity (Wildman–Crippen MR) is 145 cm³/mol. The van der Waals surface area contributed by atoms with Crippen molar-refractivity contribution in [2.24, 2.45) is 0 Å². The number of rotatable bonds is 2. The van der Waals surface area contributed by atoms with Crippen LogP contribution in [-0.4, -0.2) is 9.61 Å². The van der Waals surface area contributed by atoms with Crippen LogP contribution >= 0.6 is 0 Å². The van der Waals surface area contributed by atoms with Gasteiger partial charge in [-0.3, -0.25) is 0 Å². The van der Waals surface area contributed by atoms with Crippen molar-refractivity contribution in [3.8, 4) is 22.3 Å². The van der Waals surface area contributed by atoms with E-state index in [0.717, 1.165) is 11.0 Å². The molecule has 6 aromatic rings. The summed E-state index contributed by atoms with van der Waals surface area (Å²) >= 11 is 0. The molecule has 0 saturated heterocycles. The zero-order chi connectivity index (χ0) is 23.6. The summed E-state index contributed by atoms with van der Waals surface area (Å²) in [6, 6.07) is 26.8. The number of fused-ring (bicyclic) bond motifs is 6. The second-order valence-corrected chi connectivity index (χ2v) is 9.63. The predicted octanol–water partition coefficient (Wildman–Crippen LogP) is 8.52. The molecule has 0 aliphatic carbocycles. The lowest BCUT2D eigenvalue weighted by molar-refractivity contribution is 1.01. The van der Waals surface area contributed by atoms with Gasteiger partial charge in [-0.1, -0.05) is 60.2 Å². The van der Waals surface area contributed by atoms with E-state index >= 15 is 0 Å². The highest BCUT2D eigenvalue weighted by molar-refractivity contribution is 6.18. The summed E-state index contributed by atoms with van der Waals surface area (Å²) < 4.78 is 2.10. The number of nitrogens with zero attached hydrogens (tertiary/aromatic N) is 2. The van der Waals surface area contributed by atoms with Gasteiger partial charge in [0.15, 0.2) is 0 Å². The van der Waals surface area contributed by atoms with Crippen molar-refractivity contribution in [2.45, 2.75) is 34.6 Å². The maximum absolute atomic E-state index is 4.72. The normalized spacial score (nSPS) is 11.7. The van der Waals surface area contributed by atoms with Crippen LogP contribution in [-0.2, 0) is 0 Å². The van der Waals surface area contributed by atoms with Crippen LogP contribution in [0.25, 0.3) is 49.4 Å². The molecule has 0 saturated carbocycles. The lowest BCUT2D eigenvalue weighted by Gasteiger charge is -2.18. The summed E-state index contributed by atoms with van der Waals surface area (Å²) in [5.41, 5.74) is 14.0. The van der Waals surface area contributed by atoms with Crippen LogP contribution < -0.4 is 0 Å². The first-order valence-corrected chi connectivity index (χ1v) is 11.9. The van der Waals surface area contributed by atoms with Crippen molar-refractivity contribution < 1.29 is 0 Å². The Kier molecular flexibility index (Phi) is 4.60. The molecule has 0 spiro atoms. The first kappa shape index (κ1) is 20.7. The molecule has 0 N–H and O–H groups in total. The maximum Gasteiger partial charge on any atom is 0.0747 e. The summed E-state index contributed by atoms with van der Waals surface area (Å²) in [4.78, 5) is 0. The zero-order valence-electron chi connectivity index (χ0n) is 20.4. The van der Waals surface area contributed by atoms with Gasteiger partial charge in [-0.2, -0.15) is 5.10 Å². The highest BCUT2D eigenvalue weighted by atomic mass is 15.2. The third-order valence-corrected chi connectivity index (χ3v) is 7.19. The third kappa shape index (κ3) is 2.99. The molecule has 0 bridgehead atoms. The average molecular weight is 441 g/mol. The lowest BCUT2D eigenvalue weighted by Crippen LogP contribution is -1.97. The quantitative estimate of drug-likeness (QED) is 0.247. The summed E-state index contributed by atoms with van der Waals surface area (Å²) in [7, 11) is 0. The molecule has 0 unspecified atom stereocenters. The molecule has 0 amide bonds. The van der Waals surface area contributed by atoms with Crippen LogP contribution in [0.1, 0.15) is 27.8 Å². The fourth-order valence-electron chi connectivity index (χ4n) is 5.91. The van der Waals surface area contributed by atoms with Crippen molar-refractivity contribution in [3.05, 3.63) is 107 Å². The summed E-state index contributed by atoms with van der Waals surface area (Å²) in [5.74, 6) is 0. The van der Waals surface area contributed by atoms with Gasteiger partial charge < -0.3 is 0 Å². The maximum atomic E-state index is 4.72. The van der Waals surface area contributed by atoms with E-state index in [4.69, 9.17) is 5.10 Å². The van der Waals surface area contributed by atoms with Crippen molar-refractivity contribution in [1.82, 2.24) is 9.61 Å². The highest BCUT2D eigenvalue weighted by Gasteiger charge is 2.17. The van der Waals surface area contributed by atoms with Gasteiger partial charge in [0, 0.05) is 10.8 Å². The van der Waals surface area contributed by atoms with Crippen LogP contribution in [0.5, 0.6) is 0 Å². The van der Waals surface area contributed by atoms with E-state index < -0.39 is 0 Å². The van der Waals surface area contributed by atoms with Crippen LogP contribution in [0.2, 0.25) is 0 Å². The van der Waals surface area contributed by atoms with E-state index in [1.807, 2.05) is 6.20 Å². The van der Waals surface area contributed by atoms with Crippen molar-refractivity contribution in [1.29, 1.82) is 0 Å². The lowest BCUT2D eigenvalue weighted by atomic mass is 9.88. The summed E-state index contributed by atoms with van der Waals surface area (Å²) in [6.45, 7) is 11.0. The van der Waals surface area contributed by atoms with Crippen molar-refractivity contribution >= 4 is 27.2 Å². The Hall–Kier alpha value is -3.91. The number of aryl methyl sites for hydroxylation is 5. The van der Waals surface area contributed by atoms with Gasteiger partial charge in [-0.05, 0) is 103 Å². The number of hydrogen-bond donors (Lipinski definition) is 0. The van der Waals surface area contributed by atoms with Crippen LogP contribution in [0, 0.1) is 34.6 Å². The molecular weight excluding hydrogens is 412 g/mol. The molecule has 2 heterocycles. The minimum absolute atomic E-state index is 1.14. The Balaban J connectivity index is 1.81. The third-order valence-electron chi connectivity index (χ3n) is 7.19. The molecule has 0 fully saturated rings. The first-order chi connectivity index (χ1) is 16.4. The molecule has 166 valence electrons. The van der Waals surface area contributed by atoms with E-state index in [-0.39, 0.29) is 0 Å². The molecule has 0 aliphatic heterocycles. The minimum Gasteiger partial charge on any atom is -0.232 e. The Labute approximate surface area is 200 Å². The molecule has 0 radical (unpaired) electrons. The van der Waals surface area contributed by atoms with Crippen LogP contribution in [0.3, 0.4) is 0 Å². The van der Waals surface area contributed by atoms with E-state index in [1.165, 1.54) is 66.2 Å². The molecule has 2 aromatic heterocycles. The van der Waals surface area contributed by atoms with Gasteiger partial charge >= 0.3 is 0 Å². The fraction of sp³-hybridized carbons (Fsp3) is 0.156. The molecule has 2 heteroatoms. The topological polar surface area (TPSA) is 17.3 Å². The van der Waals surface area contributed by atoms with E-state index in [0.29, 0.717) is 0 Å². The second kappa shape index (κ2) is 7.56. The minimum atomic E-state index is 1.14. The Bertz CT molecular complexity index is 1710. The largest absolute Gasteiger partial charge is 0.232 e. The monoisotopic (exact) mass is 440 g/mol. The van der Waals surface area contributed by atoms with Gasteiger partial charge in [-0.15, -0.1) is 0 Å². The molecule has 4 aromatic carbocycles. The Morgan fingerprint density at radius 2 is 1.29 bits per heavy atom. The standard InChI is InChI=1S/C32H28N2/c1-19-16-22(4)31(23(5)17-19)26-10-7-11-29-32(26)27-18-24(30-20(2)8-6-9-21(30)3)12-13-25(27)28-14-15-33-34(28)29/h6-18H,1-5H3. The molecule has 6 rings (SSSR count). The molecular formula is C32H28N2. The molecule has 2 nitrogen and oxygen atoms in total. The second-order valence-electron chi connectivity index (χ2n) is 9.63. The summed E-state index contributed by atoms with van der Waals surface area (Å²) in [5, 5.41) is 8.48. The average Bonchev–Trinajstić information content (AvgIpc) is 3.29. The SMILES string of the molecule is Cc1cc(C)c(-c2cccc3c2c2cc(-c4c(C)cccc4C)ccc2c2ccnn23)c(C)c1. The van der Waals surface area contributed by atoms with Gasteiger partial charge in [0.05, 0.1) is 17.2 Å². The Morgan fingerprint density at radius 3 is 2.03 bits per heavy atom. The number of pyridine rings is 1. The van der Waals surface area contributed by atoms with E-state index in [2.05, 4.69) is 112 Å². The van der Waals surface area contributed by atoms with Gasteiger partial charge in [0.1, 0.15) is 0 Å². The number of aromatic nitrogens is 2. The van der Waals surface area contributed by atoms with Gasteiger partial charge in [-0.25, -0.2) is 4.52 Å². The van der Waals surface area contributed by atoms with Crippen molar-refractivity contribution in [3.63, 3.8) is 0 Å². The summed E-state index contributed by atoms with van der Waals surface area (Å²) in [6.07, 6.45) is 1.91. The number of benzene rings is 4. The number of hydrogen-bond acceptors (Lipinski definition) is 1. The van der Waals surface area contributed by atoms with E-state index in [9.17, 15) is 0 Å². The molecule has 0 aliphatic rings. The molecule has 34 heavy (non-hydrogen) atoms. The van der Waals surface area contributed by atoms with Gasteiger partial charge in [0.2, 0.25) is 0 Å². The Morgan fingerprint density at radius 1 is 0.588 bits per heavy atom. The van der Waals surface area contributed by atoms with Crippen molar-refractivity contribution in [2.75, 3.05) is 0 Å². The zero-order valence-corrected chi connectivity index (χ0v) is 20.4.